The molecule has 0 saturated heterocycles. The van der Waals surface area contributed by atoms with Gasteiger partial charge in [0.2, 0.25) is 0 Å². The SMILES string of the molecule is COc1c(C(=O)O)ccc(C(=O)O)c1Cl. The Hall–Kier alpha value is -1.75. The van der Waals surface area contributed by atoms with Crippen molar-refractivity contribution in [1.82, 2.24) is 0 Å². The summed E-state index contributed by atoms with van der Waals surface area (Å²) in [6.45, 7) is 0. The number of benzene rings is 1. The largest absolute Gasteiger partial charge is 0.494 e. The van der Waals surface area contributed by atoms with Crippen LogP contribution in [0.5, 0.6) is 5.75 Å². The number of rotatable bonds is 3. The molecule has 0 heterocycles. The molecule has 2 N–H and O–H groups in total. The first-order chi connectivity index (χ1) is 6.99. The van der Waals surface area contributed by atoms with Gasteiger partial charge in [0, 0.05) is 0 Å². The van der Waals surface area contributed by atoms with E-state index < -0.39 is 11.9 Å². The number of aromatic carboxylic acids is 2. The highest BCUT2D eigenvalue weighted by atomic mass is 35.5. The van der Waals surface area contributed by atoms with Crippen LogP contribution >= 0.6 is 11.6 Å². The fourth-order valence-electron chi connectivity index (χ4n) is 1.09. The molecule has 0 aromatic heterocycles. The van der Waals surface area contributed by atoms with E-state index in [9.17, 15) is 9.59 Å². The van der Waals surface area contributed by atoms with Crippen molar-refractivity contribution in [2.75, 3.05) is 7.11 Å². The van der Waals surface area contributed by atoms with Gasteiger partial charge >= 0.3 is 11.9 Å². The predicted octanol–water partition coefficient (Wildman–Crippen LogP) is 1.75. The monoisotopic (exact) mass is 230 g/mol. The Morgan fingerprint density at radius 1 is 1.20 bits per heavy atom. The normalized spacial score (nSPS) is 9.73. The number of ether oxygens (including phenoxy) is 1. The zero-order valence-electron chi connectivity index (χ0n) is 7.65. The number of methoxy groups -OCH3 is 1. The minimum Gasteiger partial charge on any atom is -0.494 e. The van der Waals surface area contributed by atoms with Gasteiger partial charge in [-0.3, -0.25) is 0 Å². The summed E-state index contributed by atoms with van der Waals surface area (Å²) < 4.78 is 4.75. The Bertz CT molecular complexity index is 427. The molecule has 6 heteroatoms. The van der Waals surface area contributed by atoms with Crippen molar-refractivity contribution >= 4 is 23.5 Å². The number of hydrogen-bond acceptors (Lipinski definition) is 3. The summed E-state index contributed by atoms with van der Waals surface area (Å²) in [6.07, 6.45) is 0. The average Bonchev–Trinajstić information content (AvgIpc) is 2.16. The first-order valence-corrected chi connectivity index (χ1v) is 4.20. The standard InChI is InChI=1S/C9H7ClO5/c1-15-7-5(9(13)14)3-2-4(6(7)10)8(11)12/h2-3H,1H3,(H,11,12)(H,13,14). The third-order valence-corrected chi connectivity index (χ3v) is 2.14. The van der Waals surface area contributed by atoms with Crippen molar-refractivity contribution < 1.29 is 24.5 Å². The Morgan fingerprint density at radius 2 is 1.67 bits per heavy atom. The molecule has 0 spiro atoms. The second-order valence-corrected chi connectivity index (χ2v) is 3.00. The van der Waals surface area contributed by atoms with Gasteiger partial charge in [0.25, 0.3) is 0 Å². The lowest BCUT2D eigenvalue weighted by atomic mass is 10.1. The fourth-order valence-corrected chi connectivity index (χ4v) is 1.41. The van der Waals surface area contributed by atoms with Crippen LogP contribution in [0.25, 0.3) is 0 Å². The lowest BCUT2D eigenvalue weighted by Gasteiger charge is -2.08. The van der Waals surface area contributed by atoms with E-state index >= 15 is 0 Å². The van der Waals surface area contributed by atoms with Gasteiger partial charge in [-0.1, -0.05) is 11.6 Å². The van der Waals surface area contributed by atoms with Crippen molar-refractivity contribution in [1.29, 1.82) is 0 Å². The molecule has 0 fully saturated rings. The van der Waals surface area contributed by atoms with E-state index in [-0.39, 0.29) is 21.9 Å². The third-order valence-electron chi connectivity index (χ3n) is 1.76. The van der Waals surface area contributed by atoms with Crippen molar-refractivity contribution in [3.05, 3.63) is 28.3 Å². The zero-order chi connectivity index (χ0) is 11.6. The smallest absolute Gasteiger partial charge is 0.339 e. The van der Waals surface area contributed by atoms with Crippen LogP contribution in [0.1, 0.15) is 20.7 Å². The van der Waals surface area contributed by atoms with Gasteiger partial charge in [-0.05, 0) is 12.1 Å². The van der Waals surface area contributed by atoms with E-state index in [0.29, 0.717) is 0 Å². The fraction of sp³-hybridized carbons (Fsp3) is 0.111. The molecule has 0 aliphatic rings. The Labute approximate surface area is 89.9 Å². The number of hydrogen-bond donors (Lipinski definition) is 2. The quantitative estimate of drug-likeness (QED) is 0.826. The van der Waals surface area contributed by atoms with Gasteiger partial charge in [0.1, 0.15) is 5.56 Å². The predicted molar refractivity (Wildman–Crippen MR) is 51.9 cm³/mol. The molecule has 0 atom stereocenters. The summed E-state index contributed by atoms with van der Waals surface area (Å²) in [6, 6.07) is 2.26. The van der Waals surface area contributed by atoms with Gasteiger partial charge in [-0.15, -0.1) is 0 Å². The highest BCUT2D eigenvalue weighted by molar-refractivity contribution is 6.35. The highest BCUT2D eigenvalue weighted by Gasteiger charge is 2.20. The molecule has 15 heavy (non-hydrogen) atoms. The van der Waals surface area contributed by atoms with Gasteiger partial charge < -0.3 is 14.9 Å². The van der Waals surface area contributed by atoms with E-state index in [2.05, 4.69) is 0 Å². The molecule has 0 amide bonds. The van der Waals surface area contributed by atoms with Crippen LogP contribution in [0.4, 0.5) is 0 Å². The third kappa shape index (κ3) is 2.02. The molecular weight excluding hydrogens is 224 g/mol. The van der Waals surface area contributed by atoms with Gasteiger partial charge in [-0.2, -0.15) is 0 Å². The lowest BCUT2D eigenvalue weighted by molar-refractivity contribution is 0.0678. The van der Waals surface area contributed by atoms with Crippen LogP contribution in [0.2, 0.25) is 5.02 Å². The van der Waals surface area contributed by atoms with E-state index in [1.165, 1.54) is 7.11 Å². The maximum absolute atomic E-state index is 10.7. The minimum atomic E-state index is -1.24. The lowest BCUT2D eigenvalue weighted by Crippen LogP contribution is -2.05. The molecule has 0 radical (unpaired) electrons. The molecule has 5 nitrogen and oxygen atoms in total. The molecule has 0 aliphatic carbocycles. The Morgan fingerprint density at radius 3 is 2.07 bits per heavy atom. The first kappa shape index (κ1) is 11.3. The van der Waals surface area contributed by atoms with Crippen LogP contribution in [0, 0.1) is 0 Å². The summed E-state index contributed by atoms with van der Waals surface area (Å²) in [7, 11) is 1.22. The van der Waals surface area contributed by atoms with Crippen LogP contribution in [0.3, 0.4) is 0 Å². The molecule has 0 aliphatic heterocycles. The topological polar surface area (TPSA) is 83.8 Å². The van der Waals surface area contributed by atoms with E-state index in [1.807, 2.05) is 0 Å². The molecular formula is C9H7ClO5. The van der Waals surface area contributed by atoms with Gasteiger partial charge in [0.15, 0.2) is 5.75 Å². The van der Waals surface area contributed by atoms with Crippen molar-refractivity contribution in [2.24, 2.45) is 0 Å². The number of halogens is 1. The van der Waals surface area contributed by atoms with Crippen LogP contribution in [-0.4, -0.2) is 29.3 Å². The molecule has 1 aromatic rings. The first-order valence-electron chi connectivity index (χ1n) is 3.82. The number of carboxylic acid groups (broad SMARTS) is 2. The van der Waals surface area contributed by atoms with Crippen LogP contribution < -0.4 is 4.74 Å². The number of carbonyl (C=O) groups is 2. The summed E-state index contributed by atoms with van der Waals surface area (Å²) in [4.78, 5) is 21.4. The van der Waals surface area contributed by atoms with Crippen molar-refractivity contribution in [3.63, 3.8) is 0 Å². The summed E-state index contributed by atoms with van der Waals surface area (Å²) in [5, 5.41) is 17.3. The molecule has 1 rings (SSSR count). The van der Waals surface area contributed by atoms with Crippen LogP contribution in [-0.2, 0) is 0 Å². The van der Waals surface area contributed by atoms with E-state index in [0.717, 1.165) is 12.1 Å². The zero-order valence-corrected chi connectivity index (χ0v) is 8.41. The maximum Gasteiger partial charge on any atom is 0.339 e. The maximum atomic E-state index is 10.7. The molecule has 80 valence electrons. The second-order valence-electron chi connectivity index (χ2n) is 2.62. The highest BCUT2D eigenvalue weighted by Crippen LogP contribution is 2.32. The second kappa shape index (κ2) is 4.18. The molecule has 1 aromatic carbocycles. The molecule has 0 bridgehead atoms. The van der Waals surface area contributed by atoms with Crippen molar-refractivity contribution in [3.8, 4) is 5.75 Å². The van der Waals surface area contributed by atoms with Gasteiger partial charge in [-0.25, -0.2) is 9.59 Å². The average molecular weight is 231 g/mol. The Balaban J connectivity index is 3.45. The summed E-state index contributed by atoms with van der Waals surface area (Å²) in [5.74, 6) is -2.62. The molecule has 0 saturated carbocycles. The minimum absolute atomic E-state index is 0.149. The number of carboxylic acids is 2. The van der Waals surface area contributed by atoms with Gasteiger partial charge in [0.05, 0.1) is 17.7 Å². The summed E-state index contributed by atoms with van der Waals surface area (Å²) in [5.41, 5.74) is -0.369. The molecule has 0 unspecified atom stereocenters. The van der Waals surface area contributed by atoms with Crippen LogP contribution in [0.15, 0.2) is 12.1 Å². The van der Waals surface area contributed by atoms with E-state index in [1.54, 1.807) is 0 Å². The summed E-state index contributed by atoms with van der Waals surface area (Å²) >= 11 is 5.68. The van der Waals surface area contributed by atoms with E-state index in [4.69, 9.17) is 26.6 Å². The van der Waals surface area contributed by atoms with Crippen molar-refractivity contribution in [2.45, 2.75) is 0 Å². The Kier molecular flexibility index (Phi) is 3.16.